The predicted molar refractivity (Wildman–Crippen MR) is 145 cm³/mol. The highest BCUT2D eigenvalue weighted by molar-refractivity contribution is 6.07. The molecule has 2 aromatic heterocycles. The molecule has 5 rings (SSSR count). The quantitative estimate of drug-likeness (QED) is 0.459. The number of hydrogen-bond acceptors (Lipinski definition) is 5. The fraction of sp³-hybridized carbons (Fsp3) is 0.593. The van der Waals surface area contributed by atoms with Gasteiger partial charge in [-0.1, -0.05) is 6.42 Å². The summed E-state index contributed by atoms with van der Waals surface area (Å²) < 4.78 is 7.14. The molecule has 2 fully saturated rings. The predicted octanol–water partition coefficient (Wildman–Crippen LogP) is 3.98. The molecule has 0 unspecified atom stereocenters. The van der Waals surface area contributed by atoms with Crippen LogP contribution in [0, 0.1) is 12.8 Å². The molecule has 9 heteroatoms. The van der Waals surface area contributed by atoms with E-state index in [1.54, 1.807) is 13.3 Å². The first-order chi connectivity index (χ1) is 17.0. The Morgan fingerprint density at radius 3 is 2.69 bits per heavy atom. The second kappa shape index (κ2) is 11.3. The van der Waals surface area contributed by atoms with Crippen molar-refractivity contribution in [2.45, 2.75) is 58.5 Å². The van der Waals surface area contributed by atoms with E-state index in [1.807, 2.05) is 28.6 Å². The standard InChI is InChI=1S/C27H37N5O3.ClH/c1-18-13-24-22(25-23(26(33)29-24)15-28-32(25)17-20-7-6-8-20)14-21(18)27(34)31-11-10-30(19(2)16-31)9-4-5-12-35-3;/h13-15,19-20H,4-12,16-17H2,1-3H3,(H,29,33);1H/t19-;/m1./s1. The highest BCUT2D eigenvalue weighted by Gasteiger charge is 2.28. The number of pyridine rings is 1. The molecule has 36 heavy (non-hydrogen) atoms. The number of nitrogens with one attached hydrogen (secondary N) is 1. The first-order valence-corrected chi connectivity index (χ1v) is 13.0. The molecule has 1 N–H and O–H groups in total. The number of H-pyrrole nitrogens is 1. The van der Waals surface area contributed by atoms with E-state index in [9.17, 15) is 9.59 Å². The van der Waals surface area contributed by atoms with Gasteiger partial charge in [0.2, 0.25) is 0 Å². The lowest BCUT2D eigenvalue weighted by Crippen LogP contribution is -2.53. The summed E-state index contributed by atoms with van der Waals surface area (Å²) in [5, 5.41) is 6.05. The van der Waals surface area contributed by atoms with Crippen molar-refractivity contribution >= 4 is 40.1 Å². The number of rotatable bonds is 8. The van der Waals surface area contributed by atoms with Crippen LogP contribution in [0.2, 0.25) is 0 Å². The number of piperazine rings is 1. The summed E-state index contributed by atoms with van der Waals surface area (Å²) in [7, 11) is 1.74. The van der Waals surface area contributed by atoms with Gasteiger partial charge in [0, 0.05) is 56.9 Å². The number of aromatic nitrogens is 3. The maximum absolute atomic E-state index is 13.7. The van der Waals surface area contributed by atoms with Gasteiger partial charge in [0.05, 0.1) is 22.6 Å². The number of nitrogens with zero attached hydrogens (tertiary/aromatic N) is 4. The molecule has 8 nitrogen and oxygen atoms in total. The largest absolute Gasteiger partial charge is 0.385 e. The van der Waals surface area contributed by atoms with Crippen molar-refractivity contribution in [3.8, 4) is 0 Å². The molecule has 196 valence electrons. The second-order valence-electron chi connectivity index (χ2n) is 10.4. The van der Waals surface area contributed by atoms with Gasteiger partial charge in [-0.15, -0.1) is 12.4 Å². The number of unbranched alkanes of at least 4 members (excludes halogenated alkanes) is 1. The van der Waals surface area contributed by atoms with Crippen LogP contribution in [0.3, 0.4) is 0 Å². The number of hydrogen-bond donors (Lipinski definition) is 1. The van der Waals surface area contributed by atoms with Crippen LogP contribution in [0.15, 0.2) is 23.1 Å². The fourth-order valence-electron chi connectivity index (χ4n) is 5.56. The van der Waals surface area contributed by atoms with Crippen molar-refractivity contribution in [1.29, 1.82) is 0 Å². The zero-order chi connectivity index (χ0) is 24.5. The van der Waals surface area contributed by atoms with E-state index in [0.717, 1.165) is 74.2 Å². The monoisotopic (exact) mass is 515 g/mol. The molecule has 1 saturated carbocycles. The van der Waals surface area contributed by atoms with Gasteiger partial charge in [-0.25, -0.2) is 0 Å². The van der Waals surface area contributed by atoms with Gasteiger partial charge in [0.1, 0.15) is 0 Å². The molecule has 3 heterocycles. The maximum atomic E-state index is 13.7. The molecule has 1 saturated heterocycles. The average Bonchev–Trinajstić information content (AvgIpc) is 3.24. The average molecular weight is 516 g/mol. The number of halogens is 1. The normalized spacial score (nSPS) is 19.0. The Bertz CT molecular complexity index is 1280. The number of ether oxygens (including phenoxy) is 1. The Kier molecular flexibility index (Phi) is 8.37. The van der Waals surface area contributed by atoms with E-state index in [4.69, 9.17) is 4.74 Å². The Hall–Kier alpha value is -2.42. The summed E-state index contributed by atoms with van der Waals surface area (Å²) >= 11 is 0. The van der Waals surface area contributed by atoms with Gasteiger partial charge in [0.15, 0.2) is 0 Å². The van der Waals surface area contributed by atoms with Gasteiger partial charge in [0.25, 0.3) is 11.5 Å². The number of fused-ring (bicyclic) bond motifs is 3. The Labute approximate surface area is 218 Å². The number of carbonyl (C=O) groups is 1. The van der Waals surface area contributed by atoms with Crippen molar-refractivity contribution < 1.29 is 9.53 Å². The van der Waals surface area contributed by atoms with Crippen LogP contribution >= 0.6 is 12.4 Å². The molecule has 1 amide bonds. The van der Waals surface area contributed by atoms with Gasteiger partial charge >= 0.3 is 0 Å². The third-order valence-corrected chi connectivity index (χ3v) is 7.93. The number of aryl methyl sites for hydroxylation is 1. The van der Waals surface area contributed by atoms with Gasteiger partial charge in [-0.3, -0.25) is 19.2 Å². The van der Waals surface area contributed by atoms with Crippen molar-refractivity contribution in [1.82, 2.24) is 24.6 Å². The molecular formula is C27H38ClN5O3. The molecule has 0 spiro atoms. The van der Waals surface area contributed by atoms with Crippen LogP contribution in [0.1, 0.15) is 54.9 Å². The number of amides is 1. The molecule has 0 bridgehead atoms. The number of benzene rings is 1. The van der Waals surface area contributed by atoms with Gasteiger partial charge < -0.3 is 14.6 Å². The van der Waals surface area contributed by atoms with Crippen LogP contribution in [0.25, 0.3) is 21.8 Å². The Balaban J connectivity index is 0.00000304. The smallest absolute Gasteiger partial charge is 0.259 e. The van der Waals surface area contributed by atoms with Crippen molar-refractivity contribution in [3.63, 3.8) is 0 Å². The van der Waals surface area contributed by atoms with E-state index in [2.05, 4.69) is 21.9 Å². The van der Waals surface area contributed by atoms with E-state index >= 15 is 0 Å². The fourth-order valence-corrected chi connectivity index (χ4v) is 5.56. The van der Waals surface area contributed by atoms with E-state index in [1.165, 1.54) is 19.3 Å². The molecule has 1 aliphatic heterocycles. The van der Waals surface area contributed by atoms with Crippen molar-refractivity contribution in [2.24, 2.45) is 5.92 Å². The Morgan fingerprint density at radius 1 is 1.19 bits per heavy atom. The first kappa shape index (κ1) is 26.6. The molecule has 1 aliphatic carbocycles. The van der Waals surface area contributed by atoms with Crippen LogP contribution < -0.4 is 5.56 Å². The zero-order valence-electron chi connectivity index (χ0n) is 21.6. The molecule has 3 aromatic rings. The highest BCUT2D eigenvalue weighted by Crippen LogP contribution is 2.31. The molecule has 2 aliphatic rings. The summed E-state index contributed by atoms with van der Waals surface area (Å²) in [6.07, 6.45) is 7.53. The molecule has 1 atom stereocenters. The maximum Gasteiger partial charge on any atom is 0.259 e. The lowest BCUT2D eigenvalue weighted by Gasteiger charge is -2.40. The van der Waals surface area contributed by atoms with E-state index in [-0.39, 0.29) is 23.9 Å². The summed E-state index contributed by atoms with van der Waals surface area (Å²) in [5.74, 6) is 0.686. The SMILES string of the molecule is COCCCCN1CCN(C(=O)c2cc3c(cc2C)[nH]c(=O)c2cnn(CC4CCC4)c23)C[C@H]1C.Cl. The van der Waals surface area contributed by atoms with Crippen LogP contribution in [0.5, 0.6) is 0 Å². The van der Waals surface area contributed by atoms with Crippen LogP contribution in [-0.4, -0.2) is 76.4 Å². The third kappa shape index (κ3) is 5.17. The number of aromatic amines is 1. The van der Waals surface area contributed by atoms with Crippen LogP contribution in [0.4, 0.5) is 0 Å². The molecule has 0 radical (unpaired) electrons. The first-order valence-electron chi connectivity index (χ1n) is 13.0. The van der Waals surface area contributed by atoms with Crippen molar-refractivity contribution in [2.75, 3.05) is 39.9 Å². The zero-order valence-corrected chi connectivity index (χ0v) is 22.4. The third-order valence-electron chi connectivity index (χ3n) is 7.93. The summed E-state index contributed by atoms with van der Waals surface area (Å²) in [6, 6.07) is 4.24. The second-order valence-corrected chi connectivity index (χ2v) is 10.4. The number of carbonyl (C=O) groups excluding carboxylic acids is 1. The van der Waals surface area contributed by atoms with E-state index < -0.39 is 0 Å². The lowest BCUT2D eigenvalue weighted by molar-refractivity contribution is 0.0505. The van der Waals surface area contributed by atoms with Crippen molar-refractivity contribution in [3.05, 3.63) is 39.8 Å². The van der Waals surface area contributed by atoms with E-state index in [0.29, 0.717) is 22.9 Å². The summed E-state index contributed by atoms with van der Waals surface area (Å²) in [5.41, 5.74) is 3.08. The van der Waals surface area contributed by atoms with Gasteiger partial charge in [-0.05, 0) is 69.7 Å². The summed E-state index contributed by atoms with van der Waals surface area (Å²) in [6.45, 7) is 9.16. The topological polar surface area (TPSA) is 83.5 Å². The minimum Gasteiger partial charge on any atom is -0.385 e. The molecular weight excluding hydrogens is 478 g/mol. The lowest BCUT2D eigenvalue weighted by atomic mass is 9.85. The summed E-state index contributed by atoms with van der Waals surface area (Å²) in [4.78, 5) is 33.9. The number of methoxy groups -OCH3 is 1. The highest BCUT2D eigenvalue weighted by atomic mass is 35.5. The van der Waals surface area contributed by atoms with Gasteiger partial charge in [-0.2, -0.15) is 5.10 Å². The molecule has 1 aromatic carbocycles. The minimum atomic E-state index is -0.124. The Morgan fingerprint density at radius 2 is 2.00 bits per heavy atom. The van der Waals surface area contributed by atoms with Crippen LogP contribution in [-0.2, 0) is 11.3 Å². The minimum absolute atomic E-state index is 0.